The number of nitrogens with zero attached hydrogens (tertiary/aromatic N) is 1. The van der Waals surface area contributed by atoms with Crippen LogP contribution in [0.3, 0.4) is 0 Å². The number of hydrogen-bond donors (Lipinski definition) is 1. The van der Waals surface area contributed by atoms with Crippen molar-refractivity contribution in [2.75, 3.05) is 19.6 Å². The maximum absolute atomic E-state index is 12.1. The minimum atomic E-state index is -0.175. The van der Waals surface area contributed by atoms with Crippen LogP contribution >= 0.6 is 11.6 Å². The lowest BCUT2D eigenvalue weighted by molar-refractivity contribution is -0.132. The van der Waals surface area contributed by atoms with E-state index in [1.165, 1.54) is 6.42 Å². The van der Waals surface area contributed by atoms with Crippen molar-refractivity contribution < 1.29 is 9.59 Å². The van der Waals surface area contributed by atoms with Crippen molar-refractivity contribution in [3.63, 3.8) is 0 Å². The summed E-state index contributed by atoms with van der Waals surface area (Å²) in [6.07, 6.45) is 2.62. The van der Waals surface area contributed by atoms with Crippen LogP contribution in [0.1, 0.15) is 36.5 Å². The highest BCUT2D eigenvalue weighted by atomic mass is 35.5. The van der Waals surface area contributed by atoms with E-state index >= 15 is 0 Å². The largest absolute Gasteiger partial charge is 0.352 e. The molecular formula is C16H21ClN2O2. The lowest BCUT2D eigenvalue weighted by Crippen LogP contribution is -2.40. The molecule has 1 aromatic rings. The SMILES string of the molecule is CC1CCCN(C(=O)CCNC(=O)c2ccc(Cl)cc2)C1. The summed E-state index contributed by atoms with van der Waals surface area (Å²) in [5.41, 5.74) is 0.554. The predicted molar refractivity (Wildman–Crippen MR) is 83.4 cm³/mol. The molecule has 0 saturated carbocycles. The Balaban J connectivity index is 1.74. The van der Waals surface area contributed by atoms with Gasteiger partial charge in [-0.05, 0) is 43.0 Å². The van der Waals surface area contributed by atoms with Gasteiger partial charge in [-0.2, -0.15) is 0 Å². The molecular weight excluding hydrogens is 288 g/mol. The van der Waals surface area contributed by atoms with Crippen LogP contribution in [-0.4, -0.2) is 36.3 Å². The van der Waals surface area contributed by atoms with Crippen molar-refractivity contribution in [3.8, 4) is 0 Å². The highest BCUT2D eigenvalue weighted by Crippen LogP contribution is 2.16. The molecule has 0 aromatic heterocycles. The van der Waals surface area contributed by atoms with Gasteiger partial charge in [0.05, 0.1) is 0 Å². The first kappa shape index (κ1) is 15.8. The highest BCUT2D eigenvalue weighted by Gasteiger charge is 2.20. The number of halogens is 1. The van der Waals surface area contributed by atoms with Crippen molar-refractivity contribution in [1.29, 1.82) is 0 Å². The maximum Gasteiger partial charge on any atom is 0.251 e. The maximum atomic E-state index is 12.1. The summed E-state index contributed by atoms with van der Waals surface area (Å²) in [5, 5.41) is 3.37. The molecule has 4 nitrogen and oxygen atoms in total. The zero-order valence-corrected chi connectivity index (χ0v) is 13.0. The second-order valence-corrected chi connectivity index (χ2v) is 6.04. The fourth-order valence-electron chi connectivity index (χ4n) is 2.56. The average Bonchev–Trinajstić information content (AvgIpc) is 2.47. The Bertz CT molecular complexity index is 502. The number of hydrogen-bond acceptors (Lipinski definition) is 2. The van der Waals surface area contributed by atoms with Gasteiger partial charge in [-0.1, -0.05) is 18.5 Å². The molecule has 1 aromatic carbocycles. The number of nitrogens with one attached hydrogen (secondary N) is 1. The van der Waals surface area contributed by atoms with E-state index in [0.717, 1.165) is 19.5 Å². The average molecular weight is 309 g/mol. The molecule has 21 heavy (non-hydrogen) atoms. The molecule has 1 unspecified atom stereocenters. The molecule has 1 aliphatic rings. The van der Waals surface area contributed by atoms with E-state index in [0.29, 0.717) is 29.5 Å². The molecule has 1 aliphatic heterocycles. The van der Waals surface area contributed by atoms with Crippen LogP contribution in [0.2, 0.25) is 5.02 Å². The third-order valence-electron chi connectivity index (χ3n) is 3.74. The zero-order chi connectivity index (χ0) is 15.2. The van der Waals surface area contributed by atoms with Crippen LogP contribution in [0.5, 0.6) is 0 Å². The first-order valence-electron chi connectivity index (χ1n) is 7.38. The number of benzene rings is 1. The molecule has 0 aliphatic carbocycles. The lowest BCUT2D eigenvalue weighted by atomic mass is 10.00. The molecule has 1 fully saturated rings. The molecule has 0 bridgehead atoms. The summed E-state index contributed by atoms with van der Waals surface area (Å²) in [7, 11) is 0. The second-order valence-electron chi connectivity index (χ2n) is 5.60. The van der Waals surface area contributed by atoms with Crippen molar-refractivity contribution in [2.45, 2.75) is 26.2 Å². The Morgan fingerprint density at radius 2 is 2.05 bits per heavy atom. The Kier molecular flexibility index (Phi) is 5.62. The van der Waals surface area contributed by atoms with E-state index in [2.05, 4.69) is 12.2 Å². The van der Waals surface area contributed by atoms with Crippen LogP contribution in [0, 0.1) is 5.92 Å². The number of piperidine rings is 1. The molecule has 1 N–H and O–H groups in total. The van der Waals surface area contributed by atoms with Gasteiger partial charge >= 0.3 is 0 Å². The summed E-state index contributed by atoms with van der Waals surface area (Å²) < 4.78 is 0. The van der Waals surface area contributed by atoms with Crippen molar-refractivity contribution in [1.82, 2.24) is 10.2 Å². The fraction of sp³-hybridized carbons (Fsp3) is 0.500. The first-order chi connectivity index (χ1) is 10.1. The Morgan fingerprint density at radius 3 is 2.71 bits per heavy atom. The van der Waals surface area contributed by atoms with Gasteiger partial charge in [0.25, 0.3) is 5.91 Å². The van der Waals surface area contributed by atoms with Crippen LogP contribution < -0.4 is 5.32 Å². The van der Waals surface area contributed by atoms with E-state index in [1.807, 2.05) is 4.90 Å². The summed E-state index contributed by atoms with van der Waals surface area (Å²) in [6.45, 7) is 4.21. The summed E-state index contributed by atoms with van der Waals surface area (Å²) in [4.78, 5) is 25.9. The van der Waals surface area contributed by atoms with Crippen LogP contribution in [0.15, 0.2) is 24.3 Å². The third kappa shape index (κ3) is 4.74. The number of rotatable bonds is 4. The van der Waals surface area contributed by atoms with E-state index in [-0.39, 0.29) is 11.8 Å². The van der Waals surface area contributed by atoms with Gasteiger partial charge in [0, 0.05) is 36.6 Å². The first-order valence-corrected chi connectivity index (χ1v) is 7.75. The number of amides is 2. The standard InChI is InChI=1S/C16H21ClN2O2/c1-12-3-2-10-19(11-12)15(20)8-9-18-16(21)13-4-6-14(17)7-5-13/h4-7,12H,2-3,8-11H2,1H3,(H,18,21). The van der Waals surface area contributed by atoms with Gasteiger partial charge in [0.15, 0.2) is 0 Å². The van der Waals surface area contributed by atoms with Gasteiger partial charge < -0.3 is 10.2 Å². The molecule has 1 atom stereocenters. The van der Waals surface area contributed by atoms with Gasteiger partial charge in [0.2, 0.25) is 5.91 Å². The Hall–Kier alpha value is -1.55. The van der Waals surface area contributed by atoms with Crippen molar-refractivity contribution >= 4 is 23.4 Å². The van der Waals surface area contributed by atoms with Crippen molar-refractivity contribution in [3.05, 3.63) is 34.9 Å². The Morgan fingerprint density at radius 1 is 1.33 bits per heavy atom. The third-order valence-corrected chi connectivity index (χ3v) is 3.99. The van der Waals surface area contributed by atoms with Gasteiger partial charge in [-0.15, -0.1) is 0 Å². The van der Waals surface area contributed by atoms with Crippen molar-refractivity contribution in [2.24, 2.45) is 5.92 Å². The van der Waals surface area contributed by atoms with Gasteiger partial charge in [-0.25, -0.2) is 0 Å². The van der Waals surface area contributed by atoms with Crippen LogP contribution in [0.4, 0.5) is 0 Å². The monoisotopic (exact) mass is 308 g/mol. The smallest absolute Gasteiger partial charge is 0.251 e. The second kappa shape index (κ2) is 7.46. The minimum Gasteiger partial charge on any atom is -0.352 e. The van der Waals surface area contributed by atoms with Gasteiger partial charge in [0.1, 0.15) is 0 Å². The molecule has 0 radical (unpaired) electrons. The molecule has 5 heteroatoms. The Labute approximate surface area is 130 Å². The summed E-state index contributed by atoms with van der Waals surface area (Å²) >= 11 is 5.78. The molecule has 2 rings (SSSR count). The molecule has 114 valence electrons. The number of carbonyl (C=O) groups excluding carboxylic acids is 2. The molecule has 2 amide bonds. The normalized spacial score (nSPS) is 18.4. The van der Waals surface area contributed by atoms with E-state index in [4.69, 9.17) is 11.6 Å². The van der Waals surface area contributed by atoms with Gasteiger partial charge in [-0.3, -0.25) is 9.59 Å². The fourth-order valence-corrected chi connectivity index (χ4v) is 2.69. The van der Waals surface area contributed by atoms with E-state index in [1.54, 1.807) is 24.3 Å². The van der Waals surface area contributed by atoms with E-state index in [9.17, 15) is 9.59 Å². The topological polar surface area (TPSA) is 49.4 Å². The quantitative estimate of drug-likeness (QED) is 0.930. The summed E-state index contributed by atoms with van der Waals surface area (Å²) in [6, 6.07) is 6.70. The molecule has 1 heterocycles. The molecule has 1 saturated heterocycles. The van der Waals surface area contributed by atoms with Crippen LogP contribution in [-0.2, 0) is 4.79 Å². The minimum absolute atomic E-state index is 0.123. The molecule has 0 spiro atoms. The van der Waals surface area contributed by atoms with Crippen LogP contribution in [0.25, 0.3) is 0 Å². The van der Waals surface area contributed by atoms with E-state index < -0.39 is 0 Å². The summed E-state index contributed by atoms with van der Waals surface area (Å²) in [5.74, 6) is 0.524. The lowest BCUT2D eigenvalue weighted by Gasteiger charge is -2.31. The zero-order valence-electron chi connectivity index (χ0n) is 12.3. The number of likely N-dealkylation sites (tertiary alicyclic amines) is 1. The number of carbonyl (C=O) groups is 2. The predicted octanol–water partition coefficient (Wildman–Crippen LogP) is 2.72. The highest BCUT2D eigenvalue weighted by molar-refractivity contribution is 6.30.